The molecule has 0 radical (unpaired) electrons. The normalized spacial score (nSPS) is 10.6. The van der Waals surface area contributed by atoms with Crippen molar-refractivity contribution in [3.8, 4) is 0 Å². The molecule has 0 aliphatic carbocycles. The first-order valence-corrected chi connectivity index (χ1v) is 6.21. The second-order valence-corrected chi connectivity index (χ2v) is 4.45. The van der Waals surface area contributed by atoms with Crippen LogP contribution in [0.2, 0.25) is 0 Å². The van der Waals surface area contributed by atoms with E-state index in [0.29, 0.717) is 0 Å². The van der Waals surface area contributed by atoms with Crippen molar-refractivity contribution in [3.63, 3.8) is 0 Å². The van der Waals surface area contributed by atoms with Crippen LogP contribution in [0.4, 0.5) is 14.6 Å². The third-order valence-corrected chi connectivity index (χ3v) is 3.30. The Morgan fingerprint density at radius 1 is 1.63 bits per heavy atom. The predicted molar refractivity (Wildman–Crippen MR) is 68.9 cm³/mol. The summed E-state index contributed by atoms with van der Waals surface area (Å²) >= 11 is 1.53. The van der Waals surface area contributed by atoms with Crippen molar-refractivity contribution in [2.45, 2.75) is 19.8 Å². The van der Waals surface area contributed by atoms with Gasteiger partial charge in [-0.3, -0.25) is 4.79 Å². The standard InChI is InChI=1S/C10H9F2IN2O4/c1-2-19-7(16)3-5-6(9(11)12)4-14-10(8(5)13)15(17)18/h4,9H,2-3H2,1H3. The van der Waals surface area contributed by atoms with Crippen molar-refractivity contribution in [2.75, 3.05) is 6.61 Å². The van der Waals surface area contributed by atoms with Crippen LogP contribution in [0.3, 0.4) is 0 Å². The van der Waals surface area contributed by atoms with Crippen molar-refractivity contribution >= 4 is 34.4 Å². The van der Waals surface area contributed by atoms with Crippen LogP contribution in [0.5, 0.6) is 0 Å². The summed E-state index contributed by atoms with van der Waals surface area (Å²) in [5.41, 5.74) is -0.612. The number of carbonyl (C=O) groups excluding carboxylic acids is 1. The predicted octanol–water partition coefficient (Wildman–Crippen LogP) is 2.64. The number of halogens is 3. The van der Waals surface area contributed by atoms with E-state index >= 15 is 0 Å². The summed E-state index contributed by atoms with van der Waals surface area (Å²) in [7, 11) is 0. The molecule has 0 N–H and O–H groups in total. The van der Waals surface area contributed by atoms with Gasteiger partial charge < -0.3 is 14.9 Å². The molecule has 6 nitrogen and oxygen atoms in total. The van der Waals surface area contributed by atoms with Gasteiger partial charge in [0.2, 0.25) is 0 Å². The lowest BCUT2D eigenvalue weighted by Gasteiger charge is -2.09. The van der Waals surface area contributed by atoms with Crippen LogP contribution < -0.4 is 0 Å². The van der Waals surface area contributed by atoms with E-state index in [1.807, 2.05) is 0 Å². The maximum absolute atomic E-state index is 12.8. The second kappa shape index (κ2) is 6.68. The first-order valence-electron chi connectivity index (χ1n) is 5.13. The highest BCUT2D eigenvalue weighted by atomic mass is 127. The summed E-state index contributed by atoms with van der Waals surface area (Å²) in [5, 5.41) is 10.7. The third-order valence-electron chi connectivity index (χ3n) is 2.17. The Labute approximate surface area is 120 Å². The highest BCUT2D eigenvalue weighted by Crippen LogP contribution is 2.31. The van der Waals surface area contributed by atoms with Gasteiger partial charge in [-0.15, -0.1) is 0 Å². The van der Waals surface area contributed by atoms with Crippen molar-refractivity contribution in [2.24, 2.45) is 0 Å². The number of alkyl halides is 2. The summed E-state index contributed by atoms with van der Waals surface area (Å²) in [4.78, 5) is 24.6. The zero-order valence-electron chi connectivity index (χ0n) is 9.73. The smallest absolute Gasteiger partial charge is 0.377 e. The maximum atomic E-state index is 12.8. The van der Waals surface area contributed by atoms with Gasteiger partial charge in [0.15, 0.2) is 0 Å². The minimum absolute atomic E-state index is 0.0755. The number of hydrogen-bond donors (Lipinski definition) is 0. The topological polar surface area (TPSA) is 82.3 Å². The fourth-order valence-electron chi connectivity index (χ4n) is 1.38. The zero-order chi connectivity index (χ0) is 14.6. The summed E-state index contributed by atoms with van der Waals surface area (Å²) in [6.45, 7) is 1.68. The average molecular weight is 386 g/mol. The molecule has 0 fully saturated rings. The van der Waals surface area contributed by atoms with Gasteiger partial charge in [-0.05, 0) is 45.0 Å². The molecular weight excluding hydrogens is 377 g/mol. The van der Waals surface area contributed by atoms with Crippen LogP contribution >= 0.6 is 22.6 Å². The number of nitro groups is 1. The number of carbonyl (C=O) groups is 1. The van der Waals surface area contributed by atoms with E-state index in [0.717, 1.165) is 6.20 Å². The van der Waals surface area contributed by atoms with Crippen molar-refractivity contribution in [1.82, 2.24) is 4.98 Å². The zero-order valence-corrected chi connectivity index (χ0v) is 11.9. The SMILES string of the molecule is CCOC(=O)Cc1c(C(F)F)cnc([N+](=O)[O-])c1I. The van der Waals surface area contributed by atoms with E-state index in [4.69, 9.17) is 0 Å². The lowest BCUT2D eigenvalue weighted by atomic mass is 10.1. The Balaban J connectivity index is 3.26. The van der Waals surface area contributed by atoms with Crippen LogP contribution in [-0.4, -0.2) is 22.5 Å². The number of pyridine rings is 1. The molecule has 0 saturated carbocycles. The first kappa shape index (κ1) is 15.7. The highest BCUT2D eigenvalue weighted by molar-refractivity contribution is 14.1. The summed E-state index contributed by atoms with van der Waals surface area (Å²) < 4.78 is 30.2. The van der Waals surface area contributed by atoms with Gasteiger partial charge in [0, 0.05) is 0 Å². The van der Waals surface area contributed by atoms with Gasteiger partial charge in [0.05, 0.1) is 18.6 Å². The Morgan fingerprint density at radius 2 is 2.26 bits per heavy atom. The summed E-state index contributed by atoms with van der Waals surface area (Å²) in [6, 6.07) is 0. The third kappa shape index (κ3) is 3.78. The molecule has 0 aromatic carbocycles. The molecule has 1 aromatic heterocycles. The number of nitrogens with zero attached hydrogens (tertiary/aromatic N) is 2. The van der Waals surface area contributed by atoms with Gasteiger partial charge in [-0.25, -0.2) is 8.78 Å². The number of ether oxygens (including phenoxy) is 1. The maximum Gasteiger partial charge on any atom is 0.377 e. The van der Waals surface area contributed by atoms with Crippen molar-refractivity contribution in [1.29, 1.82) is 0 Å². The van der Waals surface area contributed by atoms with Crippen molar-refractivity contribution in [3.05, 3.63) is 31.0 Å². The van der Waals surface area contributed by atoms with Crippen LogP contribution in [0.25, 0.3) is 0 Å². The molecule has 0 saturated heterocycles. The number of hydrogen-bond acceptors (Lipinski definition) is 5. The lowest BCUT2D eigenvalue weighted by molar-refractivity contribution is -0.390. The fourth-order valence-corrected chi connectivity index (χ4v) is 2.22. The number of rotatable bonds is 5. The van der Waals surface area contributed by atoms with E-state index in [1.54, 1.807) is 6.92 Å². The van der Waals surface area contributed by atoms with Crippen LogP contribution in [0.1, 0.15) is 24.5 Å². The molecule has 9 heteroatoms. The highest BCUT2D eigenvalue weighted by Gasteiger charge is 2.26. The molecule has 0 unspecified atom stereocenters. The van der Waals surface area contributed by atoms with E-state index in [-0.39, 0.29) is 15.7 Å². The summed E-state index contributed by atoms with van der Waals surface area (Å²) in [5.74, 6) is -1.27. The van der Waals surface area contributed by atoms with E-state index in [9.17, 15) is 23.7 Å². The molecule has 0 bridgehead atoms. The first-order chi connectivity index (χ1) is 8.88. The summed E-state index contributed by atoms with van der Waals surface area (Å²) in [6.07, 6.45) is -2.60. The minimum Gasteiger partial charge on any atom is -0.466 e. The van der Waals surface area contributed by atoms with Gasteiger partial charge in [0.1, 0.15) is 9.77 Å². The van der Waals surface area contributed by atoms with Gasteiger partial charge in [-0.1, -0.05) is 0 Å². The molecular formula is C10H9F2IN2O4. The van der Waals surface area contributed by atoms with Crippen LogP contribution in [-0.2, 0) is 16.0 Å². The lowest BCUT2D eigenvalue weighted by Crippen LogP contribution is -2.12. The largest absolute Gasteiger partial charge is 0.466 e. The van der Waals surface area contributed by atoms with E-state index in [2.05, 4.69) is 9.72 Å². The minimum atomic E-state index is -2.87. The Kier molecular flexibility index (Phi) is 5.51. The quantitative estimate of drug-likeness (QED) is 0.336. The van der Waals surface area contributed by atoms with Crippen LogP contribution in [0.15, 0.2) is 6.20 Å². The molecule has 0 aliphatic heterocycles. The number of esters is 1. The van der Waals surface area contributed by atoms with E-state index < -0.39 is 35.1 Å². The molecule has 0 atom stereocenters. The Hall–Kier alpha value is -1.39. The molecule has 104 valence electrons. The molecule has 0 aliphatic rings. The van der Waals surface area contributed by atoms with E-state index in [1.165, 1.54) is 22.6 Å². The van der Waals surface area contributed by atoms with Crippen LogP contribution in [0, 0.1) is 13.7 Å². The molecule has 1 rings (SSSR count). The Morgan fingerprint density at radius 3 is 2.74 bits per heavy atom. The molecule has 19 heavy (non-hydrogen) atoms. The monoisotopic (exact) mass is 386 g/mol. The van der Waals surface area contributed by atoms with Gasteiger partial charge >= 0.3 is 11.8 Å². The average Bonchev–Trinajstić information content (AvgIpc) is 2.31. The fraction of sp³-hybridized carbons (Fsp3) is 0.400. The number of aromatic nitrogens is 1. The second-order valence-electron chi connectivity index (χ2n) is 3.37. The molecule has 0 amide bonds. The molecule has 1 heterocycles. The molecule has 1 aromatic rings. The van der Waals surface area contributed by atoms with Gasteiger partial charge in [0.25, 0.3) is 6.43 Å². The van der Waals surface area contributed by atoms with Gasteiger partial charge in [-0.2, -0.15) is 0 Å². The Bertz CT molecular complexity index is 511. The molecule has 0 spiro atoms. The van der Waals surface area contributed by atoms with Crippen molar-refractivity contribution < 1.29 is 23.2 Å².